The third-order valence-corrected chi connectivity index (χ3v) is 4.90. The summed E-state index contributed by atoms with van der Waals surface area (Å²) in [7, 11) is 1.68. The van der Waals surface area contributed by atoms with Gasteiger partial charge in [0.1, 0.15) is 11.9 Å². The minimum atomic E-state index is -0.306. The van der Waals surface area contributed by atoms with Crippen molar-refractivity contribution < 1.29 is 9.47 Å². The summed E-state index contributed by atoms with van der Waals surface area (Å²) in [6, 6.07) is 28.5. The van der Waals surface area contributed by atoms with Crippen LogP contribution in [-0.2, 0) is 4.74 Å². The molecule has 4 aromatic rings. The molecule has 0 aliphatic carbocycles. The molecule has 29 heavy (non-hydrogen) atoms. The van der Waals surface area contributed by atoms with Gasteiger partial charge in [-0.1, -0.05) is 72.8 Å². The van der Waals surface area contributed by atoms with Crippen LogP contribution in [0.3, 0.4) is 0 Å². The van der Waals surface area contributed by atoms with E-state index in [1.807, 2.05) is 60.7 Å². The summed E-state index contributed by atoms with van der Waals surface area (Å²) in [5.41, 5.74) is 4.96. The van der Waals surface area contributed by atoms with E-state index in [4.69, 9.17) is 14.5 Å². The summed E-state index contributed by atoms with van der Waals surface area (Å²) in [4.78, 5) is 4.90. The van der Waals surface area contributed by atoms with E-state index in [0.29, 0.717) is 6.61 Å². The molecule has 0 aliphatic rings. The van der Waals surface area contributed by atoms with Crippen molar-refractivity contribution in [3.05, 3.63) is 109 Å². The summed E-state index contributed by atoms with van der Waals surface area (Å²) >= 11 is 0. The summed E-state index contributed by atoms with van der Waals surface area (Å²) in [5, 5.41) is 1.06. The number of aromatic nitrogens is 1. The smallest absolute Gasteiger partial charge is 0.125 e. The largest absolute Gasteiger partial charge is 0.496 e. The molecule has 0 fully saturated rings. The third kappa shape index (κ3) is 3.91. The zero-order chi connectivity index (χ0) is 20.1. The van der Waals surface area contributed by atoms with Crippen LogP contribution in [0, 0.1) is 0 Å². The van der Waals surface area contributed by atoms with Gasteiger partial charge in [-0.05, 0) is 23.8 Å². The molecule has 0 saturated carbocycles. The van der Waals surface area contributed by atoms with Crippen LogP contribution in [0.25, 0.3) is 22.2 Å². The van der Waals surface area contributed by atoms with Gasteiger partial charge < -0.3 is 9.47 Å². The molecule has 4 rings (SSSR count). The van der Waals surface area contributed by atoms with Crippen molar-refractivity contribution in [1.82, 2.24) is 4.98 Å². The summed E-state index contributed by atoms with van der Waals surface area (Å²) in [6.07, 6.45) is 1.46. The number of hydrogen-bond acceptors (Lipinski definition) is 3. The summed E-state index contributed by atoms with van der Waals surface area (Å²) < 4.78 is 11.9. The van der Waals surface area contributed by atoms with Crippen LogP contribution >= 0.6 is 0 Å². The third-order valence-electron chi connectivity index (χ3n) is 4.90. The number of methoxy groups -OCH3 is 1. The lowest BCUT2D eigenvalue weighted by atomic mass is 9.95. The van der Waals surface area contributed by atoms with Crippen LogP contribution in [0.4, 0.5) is 0 Å². The molecule has 1 atom stereocenters. The molecule has 1 heterocycles. The Balaban J connectivity index is 1.96. The topological polar surface area (TPSA) is 31.4 Å². The lowest BCUT2D eigenvalue weighted by Crippen LogP contribution is -2.09. The zero-order valence-corrected chi connectivity index (χ0v) is 16.4. The number of fused-ring (bicyclic) bond motifs is 1. The lowest BCUT2D eigenvalue weighted by molar-refractivity contribution is 0.103. The minimum absolute atomic E-state index is 0.306. The van der Waals surface area contributed by atoms with Gasteiger partial charge in [0.2, 0.25) is 0 Å². The van der Waals surface area contributed by atoms with E-state index in [9.17, 15) is 0 Å². The Bertz CT molecular complexity index is 1120. The van der Waals surface area contributed by atoms with E-state index in [1.165, 1.54) is 0 Å². The average molecular weight is 381 g/mol. The van der Waals surface area contributed by atoms with Crippen molar-refractivity contribution in [1.29, 1.82) is 0 Å². The van der Waals surface area contributed by atoms with Gasteiger partial charge in [-0.15, -0.1) is 6.58 Å². The predicted octanol–water partition coefficient (Wildman–Crippen LogP) is 6.20. The first kappa shape index (κ1) is 18.9. The molecule has 1 aromatic heterocycles. The number of para-hydroxylation sites is 2. The number of ether oxygens (including phenoxy) is 2. The second kappa shape index (κ2) is 8.72. The van der Waals surface area contributed by atoms with E-state index < -0.39 is 0 Å². The Morgan fingerprint density at radius 3 is 2.41 bits per heavy atom. The van der Waals surface area contributed by atoms with Gasteiger partial charge in [-0.25, -0.2) is 4.98 Å². The standard InChI is InChI=1S/C26H23NO2/c1-3-17-29-26(21-14-8-10-16-25(21)28-2)22-18-24(19-11-5-4-6-12-19)27-23-15-9-7-13-20(22)23/h3-16,18,26H,1,17H2,2H3. The van der Waals surface area contributed by atoms with E-state index in [2.05, 4.69) is 30.8 Å². The molecule has 144 valence electrons. The Kier molecular flexibility index (Phi) is 5.68. The first-order valence-corrected chi connectivity index (χ1v) is 9.62. The molecule has 0 spiro atoms. The molecule has 3 nitrogen and oxygen atoms in total. The van der Waals surface area contributed by atoms with Gasteiger partial charge >= 0.3 is 0 Å². The minimum Gasteiger partial charge on any atom is -0.496 e. The molecule has 0 N–H and O–H groups in total. The number of hydrogen-bond donors (Lipinski definition) is 0. The van der Waals surface area contributed by atoms with Gasteiger partial charge in [-0.3, -0.25) is 0 Å². The maximum absolute atomic E-state index is 6.28. The Hall–Kier alpha value is -3.43. The second-order valence-corrected chi connectivity index (χ2v) is 6.72. The van der Waals surface area contributed by atoms with Crippen molar-refractivity contribution in [2.45, 2.75) is 6.10 Å². The van der Waals surface area contributed by atoms with E-state index in [-0.39, 0.29) is 6.10 Å². The zero-order valence-electron chi connectivity index (χ0n) is 16.4. The van der Waals surface area contributed by atoms with Crippen molar-refractivity contribution in [3.8, 4) is 17.0 Å². The normalized spacial score (nSPS) is 11.9. The highest BCUT2D eigenvalue weighted by Crippen LogP contribution is 2.37. The van der Waals surface area contributed by atoms with Crippen LogP contribution in [0.5, 0.6) is 5.75 Å². The highest BCUT2D eigenvalue weighted by molar-refractivity contribution is 5.86. The van der Waals surface area contributed by atoms with Crippen LogP contribution < -0.4 is 4.74 Å². The molecular formula is C26H23NO2. The Morgan fingerprint density at radius 2 is 1.62 bits per heavy atom. The molecular weight excluding hydrogens is 358 g/mol. The lowest BCUT2D eigenvalue weighted by Gasteiger charge is -2.22. The van der Waals surface area contributed by atoms with Crippen molar-refractivity contribution in [2.24, 2.45) is 0 Å². The van der Waals surface area contributed by atoms with Crippen LogP contribution in [0.1, 0.15) is 17.2 Å². The van der Waals surface area contributed by atoms with Crippen molar-refractivity contribution in [2.75, 3.05) is 13.7 Å². The number of benzene rings is 3. The first-order valence-electron chi connectivity index (χ1n) is 9.62. The number of rotatable bonds is 7. The fourth-order valence-corrected chi connectivity index (χ4v) is 3.57. The van der Waals surface area contributed by atoms with Crippen molar-refractivity contribution in [3.63, 3.8) is 0 Å². The molecule has 0 amide bonds. The molecule has 3 aromatic carbocycles. The van der Waals surface area contributed by atoms with Gasteiger partial charge in [-0.2, -0.15) is 0 Å². The van der Waals surface area contributed by atoms with Crippen molar-refractivity contribution >= 4 is 10.9 Å². The molecule has 0 bridgehead atoms. The van der Waals surface area contributed by atoms with Crippen LogP contribution in [0.2, 0.25) is 0 Å². The molecule has 0 radical (unpaired) electrons. The van der Waals surface area contributed by atoms with E-state index >= 15 is 0 Å². The quantitative estimate of drug-likeness (QED) is 0.357. The average Bonchev–Trinajstić information content (AvgIpc) is 2.80. The van der Waals surface area contributed by atoms with Gasteiger partial charge in [0.15, 0.2) is 0 Å². The molecule has 0 saturated heterocycles. The monoisotopic (exact) mass is 381 g/mol. The first-order chi connectivity index (χ1) is 14.3. The summed E-state index contributed by atoms with van der Waals surface area (Å²) in [6.45, 7) is 4.25. The fourth-order valence-electron chi connectivity index (χ4n) is 3.57. The van der Waals surface area contributed by atoms with Gasteiger partial charge in [0.05, 0.1) is 24.9 Å². The Labute approximate surface area is 171 Å². The SMILES string of the molecule is C=CCOC(c1ccccc1OC)c1cc(-c2ccccc2)nc2ccccc12. The number of pyridine rings is 1. The molecule has 0 aliphatic heterocycles. The maximum Gasteiger partial charge on any atom is 0.125 e. The maximum atomic E-state index is 6.28. The molecule has 1 unspecified atom stereocenters. The van der Waals surface area contributed by atoms with E-state index in [0.717, 1.165) is 39.0 Å². The van der Waals surface area contributed by atoms with Gasteiger partial charge in [0.25, 0.3) is 0 Å². The second-order valence-electron chi connectivity index (χ2n) is 6.72. The number of nitrogens with zero attached hydrogens (tertiary/aromatic N) is 1. The van der Waals surface area contributed by atoms with Crippen LogP contribution in [0.15, 0.2) is 97.6 Å². The summed E-state index contributed by atoms with van der Waals surface area (Å²) in [5.74, 6) is 0.795. The highest BCUT2D eigenvalue weighted by Gasteiger charge is 2.22. The van der Waals surface area contributed by atoms with Gasteiger partial charge in [0, 0.05) is 16.5 Å². The predicted molar refractivity (Wildman–Crippen MR) is 118 cm³/mol. The molecule has 3 heteroatoms. The fraction of sp³-hybridized carbons (Fsp3) is 0.115. The van der Waals surface area contributed by atoms with Crippen LogP contribution in [-0.4, -0.2) is 18.7 Å². The van der Waals surface area contributed by atoms with E-state index in [1.54, 1.807) is 13.2 Å². The Morgan fingerprint density at radius 1 is 0.897 bits per heavy atom. The highest BCUT2D eigenvalue weighted by atomic mass is 16.5.